The van der Waals surface area contributed by atoms with Crippen LogP contribution in [0.15, 0.2) is 55.1 Å². The summed E-state index contributed by atoms with van der Waals surface area (Å²) in [5.74, 6) is 3.05. The molecule has 4 aliphatic heterocycles. The molecule has 4 bridgehead atoms. The zero-order valence-corrected chi connectivity index (χ0v) is 25.0. The SMILES string of the molecule is COc1ccc(CN2CC3CCC(C2)C3c2ccc(-c3cc(OCCN4CC5CC(C4)O5)cn4ncc(C#N)c34)cn2)cn1. The predicted molar refractivity (Wildman–Crippen MR) is 163 cm³/mol. The first-order valence-corrected chi connectivity index (χ1v) is 15.7. The number of ether oxygens (including phenoxy) is 3. The van der Waals surface area contributed by atoms with E-state index >= 15 is 0 Å². The number of morpholine rings is 1. The molecule has 1 saturated carbocycles. The number of likely N-dealkylation sites (tertiary alicyclic amines) is 1. The quantitative estimate of drug-likeness (QED) is 0.284. The van der Waals surface area contributed by atoms with Gasteiger partial charge >= 0.3 is 0 Å². The second kappa shape index (κ2) is 11.5. The summed E-state index contributed by atoms with van der Waals surface area (Å²) < 4.78 is 19.0. The third-order valence-corrected chi connectivity index (χ3v) is 9.98. The van der Waals surface area contributed by atoms with Crippen LogP contribution < -0.4 is 9.47 Å². The maximum absolute atomic E-state index is 9.81. The molecule has 4 aromatic heterocycles. The standard InChI is InChI=1S/C34H37N7O3/c1-42-32-7-2-22(13-37-32)16-40-17-24-3-4-25(18-40)33(24)31-6-5-23(14-36-31)30-11-27(21-41-34(30)26(12-35)15-38-41)43-9-8-39-19-28-10-29(20-39)44-28/h2,5-7,11,13-15,21,24-25,28-29,33H,3-4,8-10,16-20H2,1H3. The third kappa shape index (κ3) is 5.19. The molecule has 44 heavy (non-hydrogen) atoms. The van der Waals surface area contributed by atoms with E-state index in [-0.39, 0.29) is 0 Å². The van der Waals surface area contributed by atoms with Crippen molar-refractivity contribution in [1.82, 2.24) is 29.4 Å². The maximum Gasteiger partial charge on any atom is 0.212 e. The normalized spacial score (nSPS) is 26.3. The summed E-state index contributed by atoms with van der Waals surface area (Å²) in [6.07, 6.45) is 11.8. The van der Waals surface area contributed by atoms with Crippen LogP contribution in [0.2, 0.25) is 0 Å². The van der Waals surface area contributed by atoms with Crippen LogP contribution in [0.25, 0.3) is 16.6 Å². The molecule has 5 fully saturated rings. The highest BCUT2D eigenvalue weighted by atomic mass is 16.5. The summed E-state index contributed by atoms with van der Waals surface area (Å²) in [5.41, 5.74) is 5.59. The second-order valence-electron chi connectivity index (χ2n) is 12.8. The largest absolute Gasteiger partial charge is 0.491 e. The van der Waals surface area contributed by atoms with Crippen molar-refractivity contribution in [2.75, 3.05) is 46.4 Å². The van der Waals surface area contributed by atoms with Crippen LogP contribution in [0.3, 0.4) is 0 Å². The van der Waals surface area contributed by atoms with Crippen LogP contribution in [0.1, 0.15) is 42.0 Å². The van der Waals surface area contributed by atoms with Gasteiger partial charge in [-0.1, -0.05) is 12.1 Å². The van der Waals surface area contributed by atoms with E-state index in [2.05, 4.69) is 44.2 Å². The number of aromatic nitrogens is 4. The Hall–Kier alpha value is -4.04. The van der Waals surface area contributed by atoms with Gasteiger partial charge in [0, 0.05) is 86.9 Å². The van der Waals surface area contributed by atoms with Crippen LogP contribution >= 0.6 is 0 Å². The first kappa shape index (κ1) is 27.5. The molecule has 4 unspecified atom stereocenters. The zero-order valence-electron chi connectivity index (χ0n) is 25.0. The lowest BCUT2D eigenvalue weighted by molar-refractivity contribution is -0.181. The minimum atomic E-state index is 0.389. The minimum Gasteiger partial charge on any atom is -0.491 e. The Morgan fingerprint density at radius 1 is 0.977 bits per heavy atom. The van der Waals surface area contributed by atoms with Gasteiger partial charge in [-0.3, -0.25) is 14.8 Å². The third-order valence-electron chi connectivity index (χ3n) is 9.98. The summed E-state index contributed by atoms with van der Waals surface area (Å²) in [5, 5.41) is 14.3. The van der Waals surface area contributed by atoms with Gasteiger partial charge in [-0.05, 0) is 42.4 Å². The number of methoxy groups -OCH3 is 1. The van der Waals surface area contributed by atoms with Crippen LogP contribution in [0.4, 0.5) is 0 Å². The molecule has 10 nitrogen and oxygen atoms in total. The Labute approximate surface area is 257 Å². The molecule has 0 N–H and O–H groups in total. The van der Waals surface area contributed by atoms with Crippen molar-refractivity contribution < 1.29 is 14.2 Å². The van der Waals surface area contributed by atoms with Crippen LogP contribution in [-0.2, 0) is 11.3 Å². The molecule has 8 heterocycles. The van der Waals surface area contributed by atoms with E-state index in [1.54, 1.807) is 17.8 Å². The highest BCUT2D eigenvalue weighted by Crippen LogP contribution is 2.48. The zero-order chi connectivity index (χ0) is 29.6. The van der Waals surface area contributed by atoms with E-state index in [0.29, 0.717) is 48.0 Å². The van der Waals surface area contributed by atoms with Gasteiger partial charge in [0.1, 0.15) is 18.4 Å². The number of nitrogens with zero attached hydrogens (tertiary/aromatic N) is 7. The molecule has 0 aromatic carbocycles. The molecule has 9 rings (SSSR count). The summed E-state index contributed by atoms with van der Waals surface area (Å²) in [6, 6.07) is 12.7. The minimum absolute atomic E-state index is 0.389. The molecule has 10 heteroatoms. The molecule has 4 aromatic rings. The lowest BCUT2D eigenvalue weighted by Gasteiger charge is -2.47. The van der Waals surface area contributed by atoms with Crippen LogP contribution in [0, 0.1) is 23.2 Å². The molecule has 5 aliphatic rings. The van der Waals surface area contributed by atoms with E-state index in [1.807, 2.05) is 30.7 Å². The molecule has 0 amide bonds. The Morgan fingerprint density at radius 3 is 2.48 bits per heavy atom. The first-order chi connectivity index (χ1) is 21.6. The molecule has 0 spiro atoms. The summed E-state index contributed by atoms with van der Waals surface area (Å²) >= 11 is 0. The van der Waals surface area contributed by atoms with Gasteiger partial charge in [-0.15, -0.1) is 0 Å². The van der Waals surface area contributed by atoms with Crippen molar-refractivity contribution in [2.45, 2.75) is 43.9 Å². The number of fused-ring (bicyclic) bond motifs is 5. The highest BCUT2D eigenvalue weighted by molar-refractivity contribution is 5.85. The smallest absolute Gasteiger partial charge is 0.212 e. The van der Waals surface area contributed by atoms with Gasteiger partial charge in [0.15, 0.2) is 0 Å². The predicted octanol–water partition coefficient (Wildman–Crippen LogP) is 4.15. The number of pyridine rings is 3. The highest BCUT2D eigenvalue weighted by Gasteiger charge is 2.43. The fourth-order valence-corrected chi connectivity index (χ4v) is 7.97. The van der Waals surface area contributed by atoms with E-state index in [9.17, 15) is 5.26 Å². The number of hydrogen-bond acceptors (Lipinski definition) is 9. The molecule has 0 radical (unpaired) electrons. The van der Waals surface area contributed by atoms with Crippen molar-refractivity contribution >= 4 is 5.52 Å². The number of nitriles is 1. The monoisotopic (exact) mass is 591 g/mol. The van der Waals surface area contributed by atoms with Crippen molar-refractivity contribution in [3.05, 3.63) is 71.9 Å². The van der Waals surface area contributed by atoms with Crippen molar-refractivity contribution in [3.8, 4) is 28.8 Å². The Kier molecular flexibility index (Phi) is 7.17. The molecule has 226 valence electrons. The topological polar surface area (TPSA) is 101 Å². The molecule has 4 saturated heterocycles. The van der Waals surface area contributed by atoms with Crippen molar-refractivity contribution in [3.63, 3.8) is 0 Å². The van der Waals surface area contributed by atoms with Gasteiger partial charge in [-0.25, -0.2) is 9.50 Å². The average molecular weight is 592 g/mol. The molecular weight excluding hydrogens is 554 g/mol. The van der Waals surface area contributed by atoms with Gasteiger partial charge in [-0.2, -0.15) is 10.4 Å². The van der Waals surface area contributed by atoms with E-state index in [0.717, 1.165) is 61.7 Å². The van der Waals surface area contributed by atoms with Crippen LogP contribution in [-0.4, -0.2) is 88.0 Å². The Morgan fingerprint density at radius 2 is 1.80 bits per heavy atom. The van der Waals surface area contributed by atoms with Crippen molar-refractivity contribution in [1.29, 1.82) is 5.26 Å². The van der Waals surface area contributed by atoms with Gasteiger partial charge < -0.3 is 14.2 Å². The van der Waals surface area contributed by atoms with E-state index < -0.39 is 0 Å². The van der Waals surface area contributed by atoms with Gasteiger partial charge in [0.25, 0.3) is 0 Å². The lowest BCUT2D eigenvalue weighted by Crippen LogP contribution is -2.57. The van der Waals surface area contributed by atoms with E-state index in [1.165, 1.54) is 30.5 Å². The fraction of sp³-hybridized carbons (Fsp3) is 0.471. The number of piperidine rings is 2. The van der Waals surface area contributed by atoms with Crippen molar-refractivity contribution in [2.24, 2.45) is 11.8 Å². The lowest BCUT2D eigenvalue weighted by atomic mass is 9.82. The second-order valence-corrected chi connectivity index (χ2v) is 12.8. The molecule has 4 atom stereocenters. The maximum atomic E-state index is 9.81. The van der Waals surface area contributed by atoms with E-state index in [4.69, 9.17) is 19.2 Å². The molecule has 1 aliphatic carbocycles. The van der Waals surface area contributed by atoms with Crippen LogP contribution in [0.5, 0.6) is 11.6 Å². The molecular formula is C34H37N7O3. The summed E-state index contributed by atoms with van der Waals surface area (Å²) in [6.45, 7) is 6.47. The van der Waals surface area contributed by atoms with Gasteiger partial charge in [0.2, 0.25) is 5.88 Å². The fourth-order valence-electron chi connectivity index (χ4n) is 7.97. The Balaban J connectivity index is 0.979. The summed E-state index contributed by atoms with van der Waals surface area (Å²) in [4.78, 5) is 14.4. The number of hydrogen-bond donors (Lipinski definition) is 0. The Bertz CT molecular complexity index is 1650. The first-order valence-electron chi connectivity index (χ1n) is 15.7. The summed E-state index contributed by atoms with van der Waals surface area (Å²) in [7, 11) is 1.65. The number of rotatable bonds is 9. The average Bonchev–Trinajstić information content (AvgIpc) is 3.58. The van der Waals surface area contributed by atoms with Gasteiger partial charge in [0.05, 0.1) is 42.8 Å².